The number of nitrogens with one attached hydrogen (secondary N) is 1. The molecule has 1 saturated heterocycles. The molecule has 0 saturated carbocycles. The number of aliphatic hydroxyl groups is 1. The normalized spacial score (nSPS) is 23.5. The van der Waals surface area contributed by atoms with Crippen LogP contribution in [0.15, 0.2) is 0 Å². The van der Waals surface area contributed by atoms with Crippen molar-refractivity contribution in [3.63, 3.8) is 0 Å². The van der Waals surface area contributed by atoms with Gasteiger partial charge in [-0.25, -0.2) is 4.72 Å². The number of hydrogen-bond donors (Lipinski definition) is 2. The fourth-order valence-electron chi connectivity index (χ4n) is 1.76. The van der Waals surface area contributed by atoms with E-state index in [0.29, 0.717) is 19.6 Å². The van der Waals surface area contributed by atoms with Gasteiger partial charge in [0.25, 0.3) is 10.2 Å². The van der Waals surface area contributed by atoms with Gasteiger partial charge in [-0.3, -0.25) is 0 Å². The van der Waals surface area contributed by atoms with Crippen LogP contribution in [-0.4, -0.2) is 56.1 Å². The van der Waals surface area contributed by atoms with E-state index in [2.05, 4.69) is 4.72 Å². The summed E-state index contributed by atoms with van der Waals surface area (Å²) >= 11 is 1.61. The standard InChI is InChI=1S/C9H20N2O3S2/c1-15-6-4-10-16(13,14)11-5-2-3-9(7-11)8-12/h9-10,12H,2-8H2,1H3. The molecule has 2 N–H and O–H groups in total. The molecule has 96 valence electrons. The highest BCUT2D eigenvalue weighted by atomic mass is 32.2. The summed E-state index contributed by atoms with van der Waals surface area (Å²) in [5.74, 6) is 0.863. The van der Waals surface area contributed by atoms with Crippen molar-refractivity contribution in [3.05, 3.63) is 0 Å². The van der Waals surface area contributed by atoms with Crippen molar-refractivity contribution in [1.29, 1.82) is 0 Å². The van der Waals surface area contributed by atoms with Gasteiger partial charge in [0.2, 0.25) is 0 Å². The maximum absolute atomic E-state index is 11.8. The van der Waals surface area contributed by atoms with E-state index >= 15 is 0 Å². The van der Waals surface area contributed by atoms with E-state index in [0.717, 1.165) is 18.6 Å². The van der Waals surface area contributed by atoms with Gasteiger partial charge in [-0.15, -0.1) is 0 Å². The first kappa shape index (κ1) is 14.2. The summed E-state index contributed by atoms with van der Waals surface area (Å²) in [5, 5.41) is 9.04. The number of rotatable bonds is 6. The van der Waals surface area contributed by atoms with Crippen LogP contribution in [0.25, 0.3) is 0 Å². The highest BCUT2D eigenvalue weighted by Gasteiger charge is 2.27. The summed E-state index contributed by atoms with van der Waals surface area (Å²) in [6.45, 7) is 1.52. The van der Waals surface area contributed by atoms with Crippen LogP contribution in [0, 0.1) is 5.92 Å². The van der Waals surface area contributed by atoms with Crippen molar-refractivity contribution in [2.75, 3.05) is 38.2 Å². The van der Waals surface area contributed by atoms with Crippen molar-refractivity contribution >= 4 is 22.0 Å². The van der Waals surface area contributed by atoms with Crippen LogP contribution in [-0.2, 0) is 10.2 Å². The Kier molecular flexibility index (Phi) is 6.06. The summed E-state index contributed by atoms with van der Waals surface area (Å²) in [5.41, 5.74) is 0. The molecule has 7 heteroatoms. The summed E-state index contributed by atoms with van der Waals surface area (Å²) in [6, 6.07) is 0. The van der Waals surface area contributed by atoms with Crippen LogP contribution in [0.5, 0.6) is 0 Å². The Hall–Kier alpha value is 0.180. The van der Waals surface area contributed by atoms with Gasteiger partial charge in [0.1, 0.15) is 0 Å². The monoisotopic (exact) mass is 268 g/mol. The van der Waals surface area contributed by atoms with E-state index in [4.69, 9.17) is 5.11 Å². The lowest BCUT2D eigenvalue weighted by molar-refractivity contribution is 0.165. The molecule has 0 aromatic rings. The van der Waals surface area contributed by atoms with Crippen molar-refractivity contribution in [1.82, 2.24) is 9.03 Å². The second-order valence-corrected chi connectivity index (χ2v) is 6.68. The number of nitrogens with zero attached hydrogens (tertiary/aromatic N) is 1. The lowest BCUT2D eigenvalue weighted by Gasteiger charge is -2.30. The molecule has 0 aliphatic carbocycles. The third kappa shape index (κ3) is 4.21. The van der Waals surface area contributed by atoms with E-state index in [9.17, 15) is 8.42 Å². The van der Waals surface area contributed by atoms with E-state index in [1.54, 1.807) is 11.8 Å². The molecule has 1 fully saturated rings. The van der Waals surface area contributed by atoms with Gasteiger partial charge in [0.05, 0.1) is 0 Å². The van der Waals surface area contributed by atoms with E-state index in [1.165, 1.54) is 4.31 Å². The zero-order valence-electron chi connectivity index (χ0n) is 9.55. The molecule has 1 heterocycles. The molecular weight excluding hydrogens is 248 g/mol. The zero-order valence-corrected chi connectivity index (χ0v) is 11.2. The second-order valence-electron chi connectivity index (χ2n) is 3.94. The smallest absolute Gasteiger partial charge is 0.279 e. The molecule has 0 radical (unpaired) electrons. The summed E-state index contributed by atoms with van der Waals surface area (Å²) in [7, 11) is -3.34. The van der Waals surface area contributed by atoms with Crippen LogP contribution in [0.2, 0.25) is 0 Å². The average Bonchev–Trinajstić information content (AvgIpc) is 2.29. The van der Waals surface area contributed by atoms with Crippen molar-refractivity contribution in [3.8, 4) is 0 Å². The van der Waals surface area contributed by atoms with Crippen LogP contribution in [0.1, 0.15) is 12.8 Å². The minimum atomic E-state index is -3.34. The molecule has 0 amide bonds. The predicted octanol–water partition coefficient (Wildman–Crippen LogP) is -0.112. The molecule has 0 bridgehead atoms. The molecule has 1 aliphatic rings. The number of thioether (sulfide) groups is 1. The molecular formula is C9H20N2O3S2. The molecule has 0 aromatic heterocycles. The topological polar surface area (TPSA) is 69.6 Å². The van der Waals surface area contributed by atoms with Crippen LogP contribution in [0.3, 0.4) is 0 Å². The first-order valence-electron chi connectivity index (χ1n) is 5.44. The first-order chi connectivity index (χ1) is 7.60. The van der Waals surface area contributed by atoms with Crippen molar-refractivity contribution < 1.29 is 13.5 Å². The second kappa shape index (κ2) is 6.80. The Morgan fingerprint density at radius 1 is 1.56 bits per heavy atom. The minimum Gasteiger partial charge on any atom is -0.396 e. The van der Waals surface area contributed by atoms with Crippen molar-refractivity contribution in [2.24, 2.45) is 5.92 Å². The zero-order chi connectivity index (χ0) is 12.0. The predicted molar refractivity (Wildman–Crippen MR) is 66.7 cm³/mol. The lowest BCUT2D eigenvalue weighted by atomic mass is 10.0. The molecule has 1 aliphatic heterocycles. The third-order valence-electron chi connectivity index (χ3n) is 2.67. The maximum Gasteiger partial charge on any atom is 0.279 e. The number of piperidine rings is 1. The molecule has 1 unspecified atom stereocenters. The summed E-state index contributed by atoms with van der Waals surface area (Å²) in [6.07, 6.45) is 3.68. The molecule has 0 spiro atoms. The van der Waals surface area contributed by atoms with Gasteiger partial charge >= 0.3 is 0 Å². The largest absolute Gasteiger partial charge is 0.396 e. The Bertz CT molecular complexity index is 295. The average molecular weight is 268 g/mol. The van der Waals surface area contributed by atoms with Crippen LogP contribution < -0.4 is 4.72 Å². The number of hydrogen-bond acceptors (Lipinski definition) is 4. The fourth-order valence-corrected chi connectivity index (χ4v) is 3.51. The maximum atomic E-state index is 11.8. The van der Waals surface area contributed by atoms with Gasteiger partial charge in [-0.1, -0.05) is 0 Å². The third-order valence-corrected chi connectivity index (χ3v) is 4.86. The fraction of sp³-hybridized carbons (Fsp3) is 1.00. The van der Waals surface area contributed by atoms with E-state index < -0.39 is 10.2 Å². The van der Waals surface area contributed by atoms with Crippen LogP contribution in [0.4, 0.5) is 0 Å². The summed E-state index contributed by atoms with van der Waals surface area (Å²) < 4.78 is 27.7. The van der Waals surface area contributed by atoms with Gasteiger partial charge in [0.15, 0.2) is 0 Å². The highest BCUT2D eigenvalue weighted by molar-refractivity contribution is 7.98. The van der Waals surface area contributed by atoms with Gasteiger partial charge in [-0.05, 0) is 25.0 Å². The van der Waals surface area contributed by atoms with Gasteiger partial charge in [-0.2, -0.15) is 24.5 Å². The van der Waals surface area contributed by atoms with Crippen LogP contribution >= 0.6 is 11.8 Å². The molecule has 1 rings (SSSR count). The first-order valence-corrected chi connectivity index (χ1v) is 8.28. The Labute approximate surface area is 102 Å². The Morgan fingerprint density at radius 2 is 2.31 bits per heavy atom. The summed E-state index contributed by atoms with van der Waals surface area (Å²) in [4.78, 5) is 0. The molecule has 5 nitrogen and oxygen atoms in total. The van der Waals surface area contributed by atoms with E-state index in [-0.39, 0.29) is 12.5 Å². The number of aliphatic hydroxyl groups excluding tert-OH is 1. The van der Waals surface area contributed by atoms with Crippen molar-refractivity contribution in [2.45, 2.75) is 12.8 Å². The minimum absolute atomic E-state index is 0.0663. The lowest BCUT2D eigenvalue weighted by Crippen LogP contribution is -2.47. The molecule has 1 atom stereocenters. The van der Waals surface area contributed by atoms with E-state index in [1.807, 2.05) is 6.26 Å². The Balaban J connectivity index is 2.47. The van der Waals surface area contributed by atoms with Gasteiger partial charge < -0.3 is 5.11 Å². The SMILES string of the molecule is CSCCNS(=O)(=O)N1CCCC(CO)C1. The van der Waals surface area contributed by atoms with Gasteiger partial charge in [0, 0.05) is 32.0 Å². The highest BCUT2D eigenvalue weighted by Crippen LogP contribution is 2.17. The molecule has 0 aromatic carbocycles. The quantitative estimate of drug-likeness (QED) is 0.659. The molecule has 16 heavy (non-hydrogen) atoms. The Morgan fingerprint density at radius 3 is 2.94 bits per heavy atom.